The van der Waals surface area contributed by atoms with E-state index in [0.29, 0.717) is 29.5 Å². The van der Waals surface area contributed by atoms with Gasteiger partial charge >= 0.3 is 0 Å². The molecule has 1 fully saturated rings. The minimum atomic E-state index is -4.00. The van der Waals surface area contributed by atoms with Crippen molar-refractivity contribution in [2.75, 3.05) is 18.5 Å². The maximum atomic E-state index is 13.3. The van der Waals surface area contributed by atoms with E-state index in [2.05, 4.69) is 43.1 Å². The second-order valence-electron chi connectivity index (χ2n) is 8.49. The van der Waals surface area contributed by atoms with E-state index in [1.165, 1.54) is 18.2 Å². The Kier molecular flexibility index (Phi) is 8.90. The number of aromatic nitrogens is 1. The molecule has 0 aliphatic heterocycles. The number of halogens is 1. The van der Waals surface area contributed by atoms with Gasteiger partial charge in [0.15, 0.2) is 0 Å². The Balaban J connectivity index is 1.61. The monoisotopic (exact) mass is 622 g/mol. The van der Waals surface area contributed by atoms with Gasteiger partial charge in [-0.1, -0.05) is 0 Å². The van der Waals surface area contributed by atoms with Crippen LogP contribution in [0.25, 0.3) is 0 Å². The van der Waals surface area contributed by atoms with Gasteiger partial charge in [-0.05, 0) is 108 Å². The molecule has 1 saturated carbocycles. The van der Waals surface area contributed by atoms with Gasteiger partial charge in [0.25, 0.3) is 5.91 Å². The number of hydroxylamine groups is 1. The van der Waals surface area contributed by atoms with Crippen LogP contribution in [0.2, 0.25) is 0 Å². The molecule has 0 radical (unpaired) electrons. The number of aliphatic hydroxyl groups is 1. The molecule has 1 heterocycles. The van der Waals surface area contributed by atoms with Gasteiger partial charge in [0.2, 0.25) is 10.0 Å². The highest BCUT2D eigenvalue weighted by molar-refractivity contribution is 14.1. The molecule has 4 N–H and O–H groups in total. The Morgan fingerprint density at radius 2 is 1.83 bits per heavy atom. The smallest absolute Gasteiger partial charge is 0.276 e. The van der Waals surface area contributed by atoms with Crippen LogP contribution in [-0.4, -0.2) is 37.6 Å². The van der Waals surface area contributed by atoms with E-state index in [4.69, 9.17) is 4.84 Å². The molecule has 3 aromatic rings. The number of carbonyl (C=O) groups excluding carboxylic acids is 1. The third-order valence-electron chi connectivity index (χ3n) is 5.67. The lowest BCUT2D eigenvalue weighted by molar-refractivity contribution is 0.0271. The van der Waals surface area contributed by atoms with Crippen LogP contribution in [0.15, 0.2) is 71.9 Å². The van der Waals surface area contributed by atoms with Crippen LogP contribution in [0.4, 0.5) is 11.4 Å². The molecule has 1 atom stereocenters. The van der Waals surface area contributed by atoms with Crippen molar-refractivity contribution in [2.45, 2.75) is 30.2 Å². The Hall–Kier alpha value is -2.58. The van der Waals surface area contributed by atoms with Crippen molar-refractivity contribution >= 4 is 49.9 Å². The highest BCUT2D eigenvalue weighted by atomic mass is 127. The van der Waals surface area contributed by atoms with Gasteiger partial charge in [-0.3, -0.25) is 14.6 Å². The number of benzene rings is 2. The van der Waals surface area contributed by atoms with Crippen LogP contribution in [-0.2, 0) is 14.9 Å². The van der Waals surface area contributed by atoms with Gasteiger partial charge in [-0.15, -0.1) is 0 Å². The summed E-state index contributed by atoms with van der Waals surface area (Å²) >= 11 is 2.19. The molecule has 0 bridgehead atoms. The lowest BCUT2D eigenvalue weighted by atomic mass is 10.1. The Bertz CT molecular complexity index is 1290. The zero-order valence-corrected chi connectivity index (χ0v) is 22.3. The Labute approximate surface area is 223 Å². The van der Waals surface area contributed by atoms with Gasteiger partial charge in [-0.2, -0.15) is 0 Å². The number of anilines is 2. The van der Waals surface area contributed by atoms with E-state index in [0.717, 1.165) is 16.4 Å². The SMILES string of the molecule is O=C(NOCC1CC1)c1ccc(S(=O)(=O)NC(CCO)c2ccncc2)cc1Nc1ccc(I)cc1. The van der Waals surface area contributed by atoms with Crippen molar-refractivity contribution in [3.8, 4) is 0 Å². The van der Waals surface area contributed by atoms with E-state index in [-0.39, 0.29) is 23.5 Å². The molecule has 190 valence electrons. The van der Waals surface area contributed by atoms with Gasteiger partial charge in [-0.25, -0.2) is 18.6 Å². The first-order chi connectivity index (χ1) is 17.4. The maximum absolute atomic E-state index is 13.3. The molecular formula is C25H27IN4O5S. The van der Waals surface area contributed by atoms with E-state index in [9.17, 15) is 18.3 Å². The fraction of sp³-hybridized carbons (Fsp3) is 0.280. The molecule has 36 heavy (non-hydrogen) atoms. The third kappa shape index (κ3) is 7.23. The second-order valence-corrected chi connectivity index (χ2v) is 11.5. The van der Waals surface area contributed by atoms with Crippen molar-refractivity contribution in [2.24, 2.45) is 5.92 Å². The molecule has 1 amide bonds. The number of carbonyl (C=O) groups is 1. The molecule has 11 heteroatoms. The molecule has 1 aliphatic rings. The number of nitrogens with zero attached hydrogens (tertiary/aromatic N) is 1. The third-order valence-corrected chi connectivity index (χ3v) is 7.86. The largest absolute Gasteiger partial charge is 0.396 e. The normalized spacial score (nSPS) is 14.3. The van der Waals surface area contributed by atoms with Gasteiger partial charge in [0.05, 0.1) is 22.8 Å². The number of rotatable bonds is 12. The summed E-state index contributed by atoms with van der Waals surface area (Å²) in [6.07, 6.45) is 5.50. The van der Waals surface area contributed by atoms with Crippen molar-refractivity contribution < 1.29 is 23.2 Å². The number of nitrogens with one attached hydrogen (secondary N) is 3. The zero-order chi connectivity index (χ0) is 25.5. The average Bonchev–Trinajstić information content (AvgIpc) is 3.70. The molecule has 1 aliphatic carbocycles. The number of sulfonamides is 1. The van der Waals surface area contributed by atoms with Gasteiger partial charge in [0, 0.05) is 34.3 Å². The van der Waals surface area contributed by atoms with E-state index < -0.39 is 22.0 Å². The summed E-state index contributed by atoms with van der Waals surface area (Å²) in [4.78, 5) is 22.1. The first-order valence-electron chi connectivity index (χ1n) is 11.5. The van der Waals surface area contributed by atoms with Crippen LogP contribution in [0.5, 0.6) is 0 Å². The summed E-state index contributed by atoms with van der Waals surface area (Å²) in [5.74, 6) is -0.00365. The topological polar surface area (TPSA) is 130 Å². The van der Waals surface area contributed by atoms with Crippen molar-refractivity contribution in [3.63, 3.8) is 0 Å². The highest BCUT2D eigenvalue weighted by Gasteiger charge is 2.25. The number of hydrogen-bond acceptors (Lipinski definition) is 7. The number of amides is 1. The fourth-order valence-corrected chi connectivity index (χ4v) is 5.16. The Morgan fingerprint density at radius 3 is 2.50 bits per heavy atom. The lowest BCUT2D eigenvalue weighted by Crippen LogP contribution is -2.30. The summed E-state index contributed by atoms with van der Waals surface area (Å²) in [5.41, 5.74) is 4.39. The summed E-state index contributed by atoms with van der Waals surface area (Å²) < 4.78 is 30.3. The van der Waals surface area contributed by atoms with Crippen LogP contribution in [0.3, 0.4) is 0 Å². The molecule has 1 unspecified atom stereocenters. The van der Waals surface area contributed by atoms with E-state index in [1.807, 2.05) is 24.3 Å². The second kappa shape index (κ2) is 12.1. The maximum Gasteiger partial charge on any atom is 0.276 e. The van der Waals surface area contributed by atoms with Crippen LogP contribution >= 0.6 is 22.6 Å². The summed E-state index contributed by atoms with van der Waals surface area (Å²) in [5, 5.41) is 12.6. The predicted octanol–water partition coefficient (Wildman–Crippen LogP) is 3.90. The zero-order valence-electron chi connectivity index (χ0n) is 19.4. The first-order valence-corrected chi connectivity index (χ1v) is 14.0. The first kappa shape index (κ1) is 26.5. The molecule has 0 saturated heterocycles. The molecular weight excluding hydrogens is 595 g/mol. The van der Waals surface area contributed by atoms with Crippen molar-refractivity contribution in [1.82, 2.24) is 15.2 Å². The summed E-state index contributed by atoms with van der Waals surface area (Å²) in [6.45, 7) is 0.248. The molecule has 4 rings (SSSR count). The van der Waals surface area contributed by atoms with Gasteiger partial charge < -0.3 is 10.4 Å². The van der Waals surface area contributed by atoms with Crippen molar-refractivity contribution in [3.05, 3.63) is 81.7 Å². The lowest BCUT2D eigenvalue weighted by Gasteiger charge is -2.19. The molecule has 0 spiro atoms. The van der Waals surface area contributed by atoms with Crippen molar-refractivity contribution in [1.29, 1.82) is 0 Å². The molecule has 2 aromatic carbocycles. The minimum Gasteiger partial charge on any atom is -0.396 e. The fourth-order valence-electron chi connectivity index (χ4n) is 3.52. The minimum absolute atomic E-state index is 0.0250. The van der Waals surface area contributed by atoms with Crippen LogP contribution < -0.4 is 15.5 Å². The standard InChI is InChI=1S/C25H27IN4O5S/c26-19-3-5-20(6-4-19)28-24-15-21(7-8-22(24)25(32)29-35-16-17-1-2-17)36(33,34)30-23(11-14-31)18-9-12-27-13-10-18/h3-10,12-13,15,17,23,28,30-31H,1-2,11,14,16H2,(H,29,32). The van der Waals surface area contributed by atoms with E-state index in [1.54, 1.807) is 24.5 Å². The Morgan fingerprint density at radius 1 is 1.11 bits per heavy atom. The number of pyridine rings is 1. The molecule has 9 nitrogen and oxygen atoms in total. The predicted molar refractivity (Wildman–Crippen MR) is 144 cm³/mol. The number of hydrogen-bond donors (Lipinski definition) is 4. The summed E-state index contributed by atoms with van der Waals surface area (Å²) in [6, 6.07) is 14.5. The van der Waals surface area contributed by atoms with Gasteiger partial charge in [0.1, 0.15) is 0 Å². The number of aliphatic hydroxyl groups excluding tert-OH is 1. The summed E-state index contributed by atoms with van der Waals surface area (Å²) in [7, 11) is -4.00. The average molecular weight is 622 g/mol. The molecule has 1 aromatic heterocycles. The highest BCUT2D eigenvalue weighted by Crippen LogP contribution is 2.29. The van der Waals surface area contributed by atoms with E-state index >= 15 is 0 Å². The quantitative estimate of drug-likeness (QED) is 0.178. The van der Waals surface area contributed by atoms with Crippen LogP contribution in [0.1, 0.15) is 41.2 Å². The van der Waals surface area contributed by atoms with Crippen LogP contribution in [0, 0.1) is 9.49 Å².